The molecule has 0 aromatic heterocycles. The fourth-order valence-corrected chi connectivity index (χ4v) is 1.80. The predicted molar refractivity (Wildman–Crippen MR) is 64.6 cm³/mol. The Hall–Kier alpha value is -0.810. The van der Waals surface area contributed by atoms with Gasteiger partial charge in [0.1, 0.15) is 0 Å². The summed E-state index contributed by atoms with van der Waals surface area (Å²) >= 11 is 0. The van der Waals surface area contributed by atoms with Crippen LogP contribution in [0.3, 0.4) is 0 Å². The summed E-state index contributed by atoms with van der Waals surface area (Å²) in [6, 6.07) is 0.172. The number of nitrogens with one attached hydrogen (secondary N) is 1. The molecule has 0 saturated carbocycles. The Morgan fingerprint density at radius 2 is 2.44 bits per heavy atom. The molecule has 5 heteroatoms. The number of ether oxygens (including phenoxy) is 2. The molecule has 0 spiro atoms. The first kappa shape index (κ1) is 13.3. The molecule has 1 heterocycles. The van der Waals surface area contributed by atoms with Crippen LogP contribution in [0.1, 0.15) is 26.7 Å². The zero-order valence-corrected chi connectivity index (χ0v) is 10.5. The van der Waals surface area contributed by atoms with Crippen molar-refractivity contribution < 1.29 is 9.47 Å². The highest BCUT2D eigenvalue weighted by Gasteiger charge is 2.29. The third-order valence-electron chi connectivity index (χ3n) is 2.70. The molecule has 1 aliphatic rings. The van der Waals surface area contributed by atoms with Crippen LogP contribution in [0.2, 0.25) is 0 Å². The second kappa shape index (κ2) is 6.06. The minimum absolute atomic E-state index is 0.128. The van der Waals surface area contributed by atoms with Gasteiger partial charge >= 0.3 is 0 Å². The quantitative estimate of drug-likeness (QED) is 0.532. The molecular formula is C11H23N3O2. The number of rotatable bonds is 5. The first-order valence-corrected chi connectivity index (χ1v) is 5.75. The van der Waals surface area contributed by atoms with Crippen molar-refractivity contribution in [3.8, 4) is 0 Å². The normalized spacial score (nSPS) is 28.1. The van der Waals surface area contributed by atoms with Crippen molar-refractivity contribution in [2.75, 3.05) is 26.9 Å². The summed E-state index contributed by atoms with van der Waals surface area (Å²) in [6.07, 6.45) is 2.16. The van der Waals surface area contributed by atoms with Gasteiger partial charge in [-0.3, -0.25) is 4.99 Å². The minimum Gasteiger partial charge on any atom is -0.383 e. The summed E-state index contributed by atoms with van der Waals surface area (Å²) < 4.78 is 10.6. The van der Waals surface area contributed by atoms with Crippen LogP contribution in [0.25, 0.3) is 0 Å². The topological polar surface area (TPSA) is 68.9 Å². The summed E-state index contributed by atoms with van der Waals surface area (Å²) in [7, 11) is 1.67. The molecule has 0 aromatic carbocycles. The van der Waals surface area contributed by atoms with E-state index in [2.05, 4.69) is 17.2 Å². The van der Waals surface area contributed by atoms with Crippen molar-refractivity contribution in [3.63, 3.8) is 0 Å². The molecule has 1 rings (SSSR count). The van der Waals surface area contributed by atoms with Crippen LogP contribution in [-0.4, -0.2) is 44.5 Å². The van der Waals surface area contributed by atoms with Crippen molar-refractivity contribution in [2.45, 2.75) is 38.3 Å². The second-order valence-electron chi connectivity index (χ2n) is 4.60. The zero-order chi connectivity index (χ0) is 12.0. The van der Waals surface area contributed by atoms with E-state index in [0.717, 1.165) is 19.4 Å². The van der Waals surface area contributed by atoms with Crippen LogP contribution in [0.4, 0.5) is 0 Å². The van der Waals surface area contributed by atoms with Crippen LogP contribution < -0.4 is 11.1 Å². The standard InChI is InChI=1S/C11H23N3O2/c1-9(7-15-3)14-10(12)13-8-11(2)5-4-6-16-11/h9H,4-8H2,1-3H3,(H3,12,13,14). The second-order valence-corrected chi connectivity index (χ2v) is 4.60. The highest BCUT2D eigenvalue weighted by Crippen LogP contribution is 2.24. The molecule has 3 N–H and O–H groups in total. The van der Waals surface area contributed by atoms with Gasteiger partial charge in [-0.2, -0.15) is 0 Å². The van der Waals surface area contributed by atoms with E-state index in [1.54, 1.807) is 7.11 Å². The number of nitrogens with zero attached hydrogens (tertiary/aromatic N) is 1. The van der Waals surface area contributed by atoms with Gasteiger partial charge in [-0.05, 0) is 26.7 Å². The fraction of sp³-hybridized carbons (Fsp3) is 0.909. The van der Waals surface area contributed by atoms with Crippen molar-refractivity contribution in [3.05, 3.63) is 0 Å². The average Bonchev–Trinajstić information content (AvgIpc) is 2.63. The lowest BCUT2D eigenvalue weighted by molar-refractivity contribution is 0.0284. The van der Waals surface area contributed by atoms with Crippen molar-refractivity contribution >= 4 is 5.96 Å². The Morgan fingerprint density at radius 3 is 3.00 bits per heavy atom. The Balaban J connectivity index is 2.32. The zero-order valence-electron chi connectivity index (χ0n) is 10.5. The highest BCUT2D eigenvalue weighted by molar-refractivity contribution is 5.78. The van der Waals surface area contributed by atoms with Crippen molar-refractivity contribution in [2.24, 2.45) is 10.7 Å². The monoisotopic (exact) mass is 229 g/mol. The highest BCUT2D eigenvalue weighted by atomic mass is 16.5. The van der Waals surface area contributed by atoms with E-state index in [1.165, 1.54) is 0 Å². The van der Waals surface area contributed by atoms with E-state index < -0.39 is 0 Å². The van der Waals surface area contributed by atoms with Gasteiger partial charge in [0.05, 0.1) is 18.8 Å². The summed E-state index contributed by atoms with van der Waals surface area (Å²) in [4.78, 5) is 4.30. The Labute approximate surface area is 97.4 Å². The molecule has 16 heavy (non-hydrogen) atoms. The molecule has 1 aliphatic heterocycles. The summed E-state index contributed by atoms with van der Waals surface area (Å²) in [6.45, 7) is 6.14. The Kier molecular flexibility index (Phi) is 5.02. The van der Waals surface area contributed by atoms with E-state index in [-0.39, 0.29) is 11.6 Å². The maximum absolute atomic E-state index is 5.77. The maximum atomic E-state index is 5.77. The van der Waals surface area contributed by atoms with E-state index in [4.69, 9.17) is 15.2 Å². The SMILES string of the molecule is COCC(C)NC(N)=NCC1(C)CCCO1. The lowest BCUT2D eigenvalue weighted by Crippen LogP contribution is -2.41. The molecule has 2 atom stereocenters. The van der Waals surface area contributed by atoms with Gasteiger partial charge in [-0.1, -0.05) is 0 Å². The van der Waals surface area contributed by atoms with Crippen LogP contribution in [-0.2, 0) is 9.47 Å². The van der Waals surface area contributed by atoms with E-state index in [0.29, 0.717) is 19.1 Å². The lowest BCUT2D eigenvalue weighted by Gasteiger charge is -2.21. The number of hydrogen-bond acceptors (Lipinski definition) is 3. The molecule has 1 fully saturated rings. The first-order chi connectivity index (χ1) is 7.56. The van der Waals surface area contributed by atoms with Gasteiger partial charge in [0.2, 0.25) is 0 Å². The summed E-state index contributed by atoms with van der Waals surface area (Å²) in [5, 5.41) is 3.07. The molecule has 0 bridgehead atoms. The number of hydrogen-bond donors (Lipinski definition) is 2. The van der Waals surface area contributed by atoms with Gasteiger partial charge < -0.3 is 20.5 Å². The van der Waals surface area contributed by atoms with Gasteiger partial charge in [0.25, 0.3) is 0 Å². The molecule has 0 aliphatic carbocycles. The molecule has 5 nitrogen and oxygen atoms in total. The third-order valence-corrected chi connectivity index (χ3v) is 2.70. The predicted octanol–water partition coefficient (Wildman–Crippen LogP) is 0.495. The smallest absolute Gasteiger partial charge is 0.188 e. The lowest BCUT2D eigenvalue weighted by atomic mass is 10.0. The molecule has 0 amide bonds. The van der Waals surface area contributed by atoms with Gasteiger partial charge in [-0.15, -0.1) is 0 Å². The van der Waals surface area contributed by atoms with Gasteiger partial charge in [-0.25, -0.2) is 0 Å². The summed E-state index contributed by atoms with van der Waals surface area (Å²) in [5.74, 6) is 0.460. The van der Waals surface area contributed by atoms with E-state index in [9.17, 15) is 0 Å². The molecule has 94 valence electrons. The van der Waals surface area contributed by atoms with Crippen LogP contribution in [0.5, 0.6) is 0 Å². The molecule has 0 radical (unpaired) electrons. The number of nitrogens with two attached hydrogens (primary N) is 1. The van der Waals surface area contributed by atoms with E-state index >= 15 is 0 Å². The molecular weight excluding hydrogens is 206 g/mol. The first-order valence-electron chi connectivity index (χ1n) is 5.75. The van der Waals surface area contributed by atoms with Gasteiger partial charge in [0, 0.05) is 19.8 Å². The Morgan fingerprint density at radius 1 is 1.69 bits per heavy atom. The molecule has 0 aromatic rings. The van der Waals surface area contributed by atoms with Gasteiger partial charge in [0.15, 0.2) is 5.96 Å². The Bertz CT molecular complexity index is 237. The van der Waals surface area contributed by atoms with Crippen molar-refractivity contribution in [1.29, 1.82) is 0 Å². The van der Waals surface area contributed by atoms with Crippen LogP contribution >= 0.6 is 0 Å². The largest absolute Gasteiger partial charge is 0.383 e. The fourth-order valence-electron chi connectivity index (χ4n) is 1.80. The average molecular weight is 229 g/mol. The van der Waals surface area contributed by atoms with Crippen LogP contribution in [0, 0.1) is 0 Å². The minimum atomic E-state index is -0.128. The van der Waals surface area contributed by atoms with E-state index in [1.807, 2.05) is 6.92 Å². The maximum Gasteiger partial charge on any atom is 0.188 e. The third kappa shape index (κ3) is 4.37. The molecule has 2 unspecified atom stereocenters. The molecule has 1 saturated heterocycles. The van der Waals surface area contributed by atoms with Crippen LogP contribution in [0.15, 0.2) is 4.99 Å². The number of methoxy groups -OCH3 is 1. The summed E-state index contributed by atoms with van der Waals surface area (Å²) in [5.41, 5.74) is 5.64. The number of guanidine groups is 1. The van der Waals surface area contributed by atoms with Crippen molar-refractivity contribution in [1.82, 2.24) is 5.32 Å². The number of aliphatic imine (C=N–C) groups is 1.